The highest BCUT2D eigenvalue weighted by atomic mass is 16.3. The molecule has 1 aliphatic heterocycles. The molecular weight excluding hydrogens is 338 g/mol. The van der Waals surface area contributed by atoms with Gasteiger partial charge in [-0.1, -0.05) is 42.5 Å². The maximum Gasteiger partial charge on any atom is 0.247 e. The summed E-state index contributed by atoms with van der Waals surface area (Å²) in [5, 5.41) is 12.6. The van der Waals surface area contributed by atoms with Crippen molar-refractivity contribution in [2.75, 3.05) is 6.54 Å². The molecule has 0 aliphatic carbocycles. The minimum Gasteiger partial charge on any atom is -0.508 e. The Bertz CT molecular complexity index is 990. The molecular formula is C22H21N3O2. The zero-order valence-electron chi connectivity index (χ0n) is 14.9. The molecule has 0 saturated carbocycles. The van der Waals surface area contributed by atoms with E-state index in [1.807, 2.05) is 47.3 Å². The number of carbonyl (C=O) groups excluding carboxylic acids is 1. The SMILES string of the molecule is O=C1NCC/C1=C\c1c(Cc2ccccc2)ncn1Cc1cccc(O)c1. The molecule has 0 radical (unpaired) electrons. The number of nitrogens with zero attached hydrogens (tertiary/aromatic N) is 2. The molecule has 2 aromatic carbocycles. The van der Waals surface area contributed by atoms with Crippen LogP contribution in [0.3, 0.4) is 0 Å². The van der Waals surface area contributed by atoms with Gasteiger partial charge in [-0.05, 0) is 35.8 Å². The van der Waals surface area contributed by atoms with E-state index in [0.29, 0.717) is 19.5 Å². The van der Waals surface area contributed by atoms with Crippen LogP contribution in [0.15, 0.2) is 66.5 Å². The summed E-state index contributed by atoms with van der Waals surface area (Å²) in [6.45, 7) is 1.26. The fraction of sp³-hybridized carbons (Fsp3) is 0.182. The largest absolute Gasteiger partial charge is 0.508 e. The molecule has 0 spiro atoms. The summed E-state index contributed by atoms with van der Waals surface area (Å²) < 4.78 is 2.03. The van der Waals surface area contributed by atoms with Gasteiger partial charge in [-0.25, -0.2) is 4.98 Å². The van der Waals surface area contributed by atoms with Crippen molar-refractivity contribution in [3.63, 3.8) is 0 Å². The molecule has 0 unspecified atom stereocenters. The lowest BCUT2D eigenvalue weighted by atomic mass is 10.1. The van der Waals surface area contributed by atoms with Gasteiger partial charge < -0.3 is 15.0 Å². The van der Waals surface area contributed by atoms with Crippen molar-refractivity contribution < 1.29 is 9.90 Å². The summed E-state index contributed by atoms with van der Waals surface area (Å²) in [4.78, 5) is 16.7. The first-order valence-corrected chi connectivity index (χ1v) is 9.03. The van der Waals surface area contributed by atoms with Gasteiger partial charge in [0.15, 0.2) is 0 Å². The van der Waals surface area contributed by atoms with Crippen molar-refractivity contribution in [2.24, 2.45) is 0 Å². The molecule has 3 aromatic rings. The Balaban J connectivity index is 1.71. The number of benzene rings is 2. The second-order valence-electron chi connectivity index (χ2n) is 6.71. The van der Waals surface area contributed by atoms with Crippen molar-refractivity contribution in [3.05, 3.63) is 89.0 Å². The summed E-state index contributed by atoms with van der Waals surface area (Å²) in [7, 11) is 0. The molecule has 0 atom stereocenters. The van der Waals surface area contributed by atoms with Crippen LogP contribution in [0, 0.1) is 0 Å². The third-order valence-electron chi connectivity index (χ3n) is 4.72. The van der Waals surface area contributed by atoms with Gasteiger partial charge >= 0.3 is 0 Å². The fourth-order valence-corrected chi connectivity index (χ4v) is 3.34. The maximum atomic E-state index is 12.0. The van der Waals surface area contributed by atoms with E-state index in [-0.39, 0.29) is 11.7 Å². The number of carbonyl (C=O) groups is 1. The van der Waals surface area contributed by atoms with Crippen molar-refractivity contribution in [3.8, 4) is 5.75 Å². The highest BCUT2D eigenvalue weighted by Crippen LogP contribution is 2.21. The minimum absolute atomic E-state index is 0.00855. The van der Waals surface area contributed by atoms with Crippen LogP contribution in [0.4, 0.5) is 0 Å². The Kier molecular flexibility index (Phi) is 4.75. The number of imidazole rings is 1. The molecule has 2 N–H and O–H groups in total. The number of amides is 1. The number of aromatic hydroxyl groups is 1. The number of phenolic OH excluding ortho intramolecular Hbond substituents is 1. The summed E-state index contributed by atoms with van der Waals surface area (Å²) in [6, 6.07) is 17.4. The molecule has 5 heteroatoms. The molecule has 4 rings (SSSR count). The highest BCUT2D eigenvalue weighted by molar-refractivity contribution is 5.99. The first-order valence-electron chi connectivity index (χ1n) is 9.03. The monoisotopic (exact) mass is 359 g/mol. The van der Waals surface area contributed by atoms with Gasteiger partial charge in [0.2, 0.25) is 5.91 Å². The number of phenols is 1. The Hall–Kier alpha value is -3.34. The highest BCUT2D eigenvalue weighted by Gasteiger charge is 2.19. The number of rotatable bonds is 5. The minimum atomic E-state index is -0.00855. The standard InChI is InChI=1S/C22H21N3O2/c26-19-8-4-7-17(11-19)14-25-15-24-20(12-16-5-2-1-3-6-16)21(25)13-18-9-10-23-22(18)27/h1-8,11,13,15,26H,9-10,12,14H2,(H,23,27)/b18-13+. The van der Waals surface area contributed by atoms with E-state index < -0.39 is 0 Å². The van der Waals surface area contributed by atoms with Gasteiger partial charge in [0.25, 0.3) is 0 Å². The van der Waals surface area contributed by atoms with E-state index in [1.165, 1.54) is 5.56 Å². The molecule has 1 amide bonds. The van der Waals surface area contributed by atoms with Gasteiger partial charge in [-0.3, -0.25) is 4.79 Å². The second-order valence-corrected chi connectivity index (χ2v) is 6.71. The molecule has 27 heavy (non-hydrogen) atoms. The Morgan fingerprint density at radius 1 is 1.11 bits per heavy atom. The average Bonchev–Trinajstić information content (AvgIpc) is 3.24. The molecule has 136 valence electrons. The fourth-order valence-electron chi connectivity index (χ4n) is 3.34. The lowest BCUT2D eigenvalue weighted by Crippen LogP contribution is -2.14. The average molecular weight is 359 g/mol. The van der Waals surface area contributed by atoms with Crippen molar-refractivity contribution in [1.82, 2.24) is 14.9 Å². The van der Waals surface area contributed by atoms with Crippen LogP contribution in [0.5, 0.6) is 5.75 Å². The van der Waals surface area contributed by atoms with Gasteiger partial charge in [-0.2, -0.15) is 0 Å². The lowest BCUT2D eigenvalue weighted by molar-refractivity contribution is -0.116. The molecule has 1 aliphatic rings. The Morgan fingerprint density at radius 2 is 1.93 bits per heavy atom. The normalized spacial score (nSPS) is 15.3. The lowest BCUT2D eigenvalue weighted by Gasteiger charge is -2.09. The zero-order chi connectivity index (χ0) is 18.6. The van der Waals surface area contributed by atoms with E-state index in [0.717, 1.165) is 28.9 Å². The number of nitrogens with one attached hydrogen (secondary N) is 1. The van der Waals surface area contributed by atoms with E-state index in [2.05, 4.69) is 22.4 Å². The predicted octanol–water partition coefficient (Wildman–Crippen LogP) is 3.13. The van der Waals surface area contributed by atoms with E-state index in [4.69, 9.17) is 0 Å². The van der Waals surface area contributed by atoms with Crippen LogP contribution in [0.1, 0.15) is 28.9 Å². The van der Waals surface area contributed by atoms with Crippen molar-refractivity contribution in [2.45, 2.75) is 19.4 Å². The summed E-state index contributed by atoms with van der Waals surface area (Å²) >= 11 is 0. The number of hydrogen-bond acceptors (Lipinski definition) is 3. The molecule has 5 nitrogen and oxygen atoms in total. The summed E-state index contributed by atoms with van der Waals surface area (Å²) in [6.07, 6.45) is 5.19. The van der Waals surface area contributed by atoms with Gasteiger partial charge in [0, 0.05) is 25.1 Å². The van der Waals surface area contributed by atoms with Crippen LogP contribution in [-0.2, 0) is 17.8 Å². The van der Waals surface area contributed by atoms with E-state index in [1.54, 1.807) is 12.1 Å². The molecule has 1 aromatic heterocycles. The van der Waals surface area contributed by atoms with Gasteiger partial charge in [-0.15, -0.1) is 0 Å². The van der Waals surface area contributed by atoms with Crippen molar-refractivity contribution in [1.29, 1.82) is 0 Å². The number of aromatic nitrogens is 2. The third kappa shape index (κ3) is 3.92. The van der Waals surface area contributed by atoms with Crippen LogP contribution in [0.2, 0.25) is 0 Å². The van der Waals surface area contributed by atoms with E-state index in [9.17, 15) is 9.90 Å². The van der Waals surface area contributed by atoms with Gasteiger partial charge in [0.1, 0.15) is 5.75 Å². The summed E-state index contributed by atoms with van der Waals surface area (Å²) in [5.41, 5.74) is 4.81. The molecule has 0 bridgehead atoms. The second kappa shape index (κ2) is 7.50. The topological polar surface area (TPSA) is 67.2 Å². The Morgan fingerprint density at radius 3 is 2.67 bits per heavy atom. The van der Waals surface area contributed by atoms with E-state index >= 15 is 0 Å². The van der Waals surface area contributed by atoms with Crippen LogP contribution < -0.4 is 5.32 Å². The van der Waals surface area contributed by atoms with Crippen LogP contribution in [0.25, 0.3) is 6.08 Å². The Labute approximate surface area is 158 Å². The molecule has 1 fully saturated rings. The van der Waals surface area contributed by atoms with Crippen LogP contribution >= 0.6 is 0 Å². The quantitative estimate of drug-likeness (QED) is 0.688. The third-order valence-corrected chi connectivity index (χ3v) is 4.72. The maximum absolute atomic E-state index is 12.0. The van der Waals surface area contributed by atoms with Crippen molar-refractivity contribution >= 4 is 12.0 Å². The zero-order valence-corrected chi connectivity index (χ0v) is 14.9. The van der Waals surface area contributed by atoms with Crippen LogP contribution in [-0.4, -0.2) is 27.1 Å². The van der Waals surface area contributed by atoms with Gasteiger partial charge in [0.05, 0.1) is 17.7 Å². The smallest absolute Gasteiger partial charge is 0.247 e. The summed E-state index contributed by atoms with van der Waals surface area (Å²) in [5.74, 6) is 0.234. The molecule has 1 saturated heterocycles. The molecule has 2 heterocycles. The first-order chi connectivity index (χ1) is 13.2. The predicted molar refractivity (Wildman–Crippen MR) is 104 cm³/mol. The first kappa shape index (κ1) is 17.1. The number of hydrogen-bond donors (Lipinski definition) is 2.